The van der Waals surface area contributed by atoms with Gasteiger partial charge in [0.15, 0.2) is 11.9 Å². The van der Waals surface area contributed by atoms with Crippen LogP contribution in [0.1, 0.15) is 16.7 Å². The van der Waals surface area contributed by atoms with Gasteiger partial charge in [-0.05, 0) is 36.8 Å². The van der Waals surface area contributed by atoms with Crippen molar-refractivity contribution in [3.8, 4) is 11.4 Å². The Balaban J connectivity index is 1.64. The summed E-state index contributed by atoms with van der Waals surface area (Å²) in [6, 6.07) is 15.5. The molecular weight excluding hydrogens is 478 g/mol. The van der Waals surface area contributed by atoms with E-state index in [1.807, 2.05) is 31.2 Å². The van der Waals surface area contributed by atoms with Gasteiger partial charge >= 0.3 is 0 Å². The smallest absolute Gasteiger partial charge is 0.270 e. The third-order valence-electron chi connectivity index (χ3n) is 5.50. The number of nitro benzene ring substituents is 1. The average molecular weight is 496 g/mol. The van der Waals surface area contributed by atoms with E-state index in [1.54, 1.807) is 22.8 Å². The number of para-hydroxylation sites is 1. The van der Waals surface area contributed by atoms with Crippen LogP contribution in [0.5, 0.6) is 5.75 Å². The molecule has 0 unspecified atom stereocenters. The maximum Gasteiger partial charge on any atom is 0.270 e. The molecule has 172 valence electrons. The summed E-state index contributed by atoms with van der Waals surface area (Å²) in [6.07, 6.45) is 0. The number of nitrogens with zero attached hydrogens (tertiary/aromatic N) is 3. The highest BCUT2D eigenvalue weighted by Gasteiger charge is 2.22. The Labute approximate surface area is 203 Å². The highest BCUT2D eigenvalue weighted by molar-refractivity contribution is 7.98. The first kappa shape index (κ1) is 22.4. The molecule has 0 atom stereocenters. The molecule has 0 saturated heterocycles. The van der Waals surface area contributed by atoms with Gasteiger partial charge < -0.3 is 9.47 Å². The molecule has 0 fully saturated rings. The molecule has 4 aromatic rings. The van der Waals surface area contributed by atoms with E-state index in [9.17, 15) is 14.9 Å². The van der Waals surface area contributed by atoms with Crippen molar-refractivity contribution >= 4 is 40.0 Å². The summed E-state index contributed by atoms with van der Waals surface area (Å²) >= 11 is 7.45. The van der Waals surface area contributed by atoms with Gasteiger partial charge in [0.05, 0.1) is 28.1 Å². The fraction of sp³-hybridized carbons (Fsp3) is 0.167. The molecule has 1 aromatic heterocycles. The number of rotatable bonds is 5. The average Bonchev–Trinajstić information content (AvgIpc) is 2.83. The van der Waals surface area contributed by atoms with Crippen molar-refractivity contribution in [1.82, 2.24) is 9.55 Å². The summed E-state index contributed by atoms with van der Waals surface area (Å²) in [7, 11) is 0. The quantitative estimate of drug-likeness (QED) is 0.158. The zero-order valence-electron chi connectivity index (χ0n) is 18.0. The SMILES string of the molecule is Cc1ccccc1-n1c(SCc2cc([N+](=O)[O-])cc3c2OCOC3)nc2cc(Cl)ccc2c1=O. The Morgan fingerprint density at radius 3 is 2.82 bits per heavy atom. The van der Waals surface area contributed by atoms with E-state index in [0.29, 0.717) is 49.4 Å². The molecule has 3 aromatic carbocycles. The van der Waals surface area contributed by atoms with Crippen molar-refractivity contribution in [3.05, 3.63) is 96.8 Å². The van der Waals surface area contributed by atoms with Crippen molar-refractivity contribution < 1.29 is 14.4 Å². The van der Waals surface area contributed by atoms with Crippen LogP contribution in [0.4, 0.5) is 5.69 Å². The lowest BCUT2D eigenvalue weighted by molar-refractivity contribution is -0.385. The summed E-state index contributed by atoms with van der Waals surface area (Å²) < 4.78 is 12.5. The molecule has 8 nitrogen and oxygen atoms in total. The second kappa shape index (κ2) is 9.09. The topological polar surface area (TPSA) is 96.5 Å². The van der Waals surface area contributed by atoms with Crippen LogP contribution in [0, 0.1) is 17.0 Å². The van der Waals surface area contributed by atoms with Crippen LogP contribution in [0.2, 0.25) is 5.02 Å². The highest BCUT2D eigenvalue weighted by atomic mass is 35.5. The van der Waals surface area contributed by atoms with Crippen LogP contribution < -0.4 is 10.3 Å². The molecule has 5 rings (SSSR count). The number of hydrogen-bond acceptors (Lipinski definition) is 7. The molecule has 0 bridgehead atoms. The van der Waals surface area contributed by atoms with Gasteiger partial charge in [0, 0.05) is 34.0 Å². The number of fused-ring (bicyclic) bond motifs is 2. The molecule has 0 aliphatic carbocycles. The summed E-state index contributed by atoms with van der Waals surface area (Å²) in [5, 5.41) is 12.8. The normalized spacial score (nSPS) is 12.9. The van der Waals surface area contributed by atoms with Crippen molar-refractivity contribution in [2.24, 2.45) is 0 Å². The number of ether oxygens (including phenoxy) is 2. The van der Waals surface area contributed by atoms with Crippen LogP contribution in [-0.4, -0.2) is 21.3 Å². The van der Waals surface area contributed by atoms with Crippen molar-refractivity contribution in [2.75, 3.05) is 6.79 Å². The molecule has 0 N–H and O–H groups in total. The third-order valence-corrected chi connectivity index (χ3v) is 6.72. The van der Waals surface area contributed by atoms with Gasteiger partial charge in [0.1, 0.15) is 5.75 Å². The van der Waals surface area contributed by atoms with Crippen LogP contribution in [0.25, 0.3) is 16.6 Å². The number of thioether (sulfide) groups is 1. The number of benzene rings is 3. The van der Waals surface area contributed by atoms with Gasteiger partial charge in [-0.1, -0.05) is 41.6 Å². The highest BCUT2D eigenvalue weighted by Crippen LogP contribution is 2.36. The number of halogens is 1. The van der Waals surface area contributed by atoms with E-state index in [0.717, 1.165) is 5.56 Å². The largest absolute Gasteiger partial charge is 0.467 e. The first-order valence-corrected chi connectivity index (χ1v) is 11.7. The maximum atomic E-state index is 13.5. The molecule has 1 aliphatic rings. The maximum absolute atomic E-state index is 13.5. The zero-order chi connectivity index (χ0) is 23.8. The Bertz CT molecular complexity index is 1500. The van der Waals surface area contributed by atoms with E-state index in [1.165, 1.54) is 23.9 Å². The lowest BCUT2D eigenvalue weighted by atomic mass is 10.1. The fourth-order valence-corrected chi connectivity index (χ4v) is 5.04. The van der Waals surface area contributed by atoms with Crippen LogP contribution in [0.15, 0.2) is 64.5 Å². The molecule has 34 heavy (non-hydrogen) atoms. The molecule has 0 radical (unpaired) electrons. The van der Waals surface area contributed by atoms with Crippen LogP contribution >= 0.6 is 23.4 Å². The number of aryl methyl sites for hydroxylation is 1. The first-order valence-electron chi connectivity index (χ1n) is 10.3. The molecule has 0 amide bonds. The van der Waals surface area contributed by atoms with E-state index < -0.39 is 4.92 Å². The predicted octanol–water partition coefficient (Wildman–Crippen LogP) is 5.41. The standard InChI is InChI=1S/C24H18ClN3O5S/c1-14-4-2-3-5-21(14)27-23(29)19-7-6-17(25)10-20(19)26-24(27)34-12-16-9-18(28(30)31)8-15-11-32-13-33-22(15)16/h2-10H,11-13H2,1H3. The van der Waals surface area contributed by atoms with Gasteiger partial charge in [-0.25, -0.2) is 4.98 Å². The van der Waals surface area contributed by atoms with E-state index in [2.05, 4.69) is 0 Å². The van der Waals surface area contributed by atoms with E-state index >= 15 is 0 Å². The molecule has 2 heterocycles. The van der Waals surface area contributed by atoms with Gasteiger partial charge in [-0.3, -0.25) is 19.5 Å². The lowest BCUT2D eigenvalue weighted by Crippen LogP contribution is -2.22. The second-order valence-electron chi connectivity index (χ2n) is 7.73. The van der Waals surface area contributed by atoms with Gasteiger partial charge in [0.25, 0.3) is 11.2 Å². The van der Waals surface area contributed by atoms with Crippen molar-refractivity contribution in [1.29, 1.82) is 0 Å². The molecular formula is C24H18ClN3O5S. The van der Waals surface area contributed by atoms with Gasteiger partial charge in [-0.2, -0.15) is 0 Å². The lowest BCUT2D eigenvalue weighted by Gasteiger charge is -2.21. The summed E-state index contributed by atoms with van der Waals surface area (Å²) in [6.45, 7) is 2.23. The number of non-ortho nitro benzene ring substituents is 1. The fourth-order valence-electron chi connectivity index (χ4n) is 3.90. The molecule has 10 heteroatoms. The number of nitro groups is 1. The van der Waals surface area contributed by atoms with Gasteiger partial charge in [-0.15, -0.1) is 0 Å². The van der Waals surface area contributed by atoms with Crippen molar-refractivity contribution in [2.45, 2.75) is 24.4 Å². The van der Waals surface area contributed by atoms with Crippen LogP contribution in [-0.2, 0) is 17.1 Å². The van der Waals surface area contributed by atoms with Crippen LogP contribution in [0.3, 0.4) is 0 Å². The Morgan fingerprint density at radius 2 is 2.03 bits per heavy atom. The summed E-state index contributed by atoms with van der Waals surface area (Å²) in [5.41, 5.74) is 3.09. The van der Waals surface area contributed by atoms with E-state index in [4.69, 9.17) is 26.1 Å². The predicted molar refractivity (Wildman–Crippen MR) is 130 cm³/mol. The minimum atomic E-state index is -0.442. The minimum Gasteiger partial charge on any atom is -0.467 e. The Hall–Kier alpha value is -3.40. The third kappa shape index (κ3) is 4.13. The van der Waals surface area contributed by atoms with E-state index in [-0.39, 0.29) is 24.6 Å². The minimum absolute atomic E-state index is 0.0435. The summed E-state index contributed by atoms with van der Waals surface area (Å²) in [5.74, 6) is 0.868. The Morgan fingerprint density at radius 1 is 1.21 bits per heavy atom. The summed E-state index contributed by atoms with van der Waals surface area (Å²) in [4.78, 5) is 29.3. The molecule has 1 aliphatic heterocycles. The molecule has 0 spiro atoms. The first-order chi connectivity index (χ1) is 16.4. The van der Waals surface area contributed by atoms with Gasteiger partial charge in [0.2, 0.25) is 0 Å². The zero-order valence-corrected chi connectivity index (χ0v) is 19.6. The number of hydrogen-bond donors (Lipinski definition) is 0. The second-order valence-corrected chi connectivity index (χ2v) is 9.11. The number of aromatic nitrogens is 2. The van der Waals surface area contributed by atoms with Crippen molar-refractivity contribution in [3.63, 3.8) is 0 Å². The Kier molecular flexibility index (Phi) is 5.99. The molecule has 0 saturated carbocycles. The monoisotopic (exact) mass is 495 g/mol.